The molecule has 1 rings (SSSR count). The molecule has 1 heteroatoms. The van der Waals surface area contributed by atoms with Crippen molar-refractivity contribution in [3.05, 3.63) is 0 Å². The zero-order valence-electron chi connectivity index (χ0n) is 11.6. The van der Waals surface area contributed by atoms with Crippen molar-refractivity contribution in [2.75, 3.05) is 6.54 Å². The Labute approximate surface area is 102 Å². The predicted molar refractivity (Wildman–Crippen MR) is 72.7 cm³/mol. The van der Waals surface area contributed by atoms with Crippen molar-refractivity contribution >= 4 is 0 Å². The fourth-order valence-electron chi connectivity index (χ4n) is 3.22. The molecule has 0 saturated heterocycles. The highest BCUT2D eigenvalue weighted by atomic mass is 14.9. The van der Waals surface area contributed by atoms with Crippen molar-refractivity contribution in [3.63, 3.8) is 0 Å². The van der Waals surface area contributed by atoms with Crippen LogP contribution < -0.4 is 5.32 Å². The second-order valence-corrected chi connectivity index (χ2v) is 5.81. The Morgan fingerprint density at radius 1 is 1.19 bits per heavy atom. The Hall–Kier alpha value is -0.0400. The van der Waals surface area contributed by atoms with Gasteiger partial charge in [-0.05, 0) is 44.1 Å². The number of hydrogen-bond acceptors (Lipinski definition) is 1. The van der Waals surface area contributed by atoms with Crippen LogP contribution in [0.4, 0.5) is 0 Å². The maximum Gasteiger partial charge on any atom is 0.00697 e. The van der Waals surface area contributed by atoms with E-state index in [2.05, 4.69) is 26.1 Å². The van der Waals surface area contributed by atoms with Crippen LogP contribution >= 0.6 is 0 Å². The van der Waals surface area contributed by atoms with Crippen molar-refractivity contribution in [1.29, 1.82) is 0 Å². The first-order valence-corrected chi connectivity index (χ1v) is 7.49. The third-order valence-electron chi connectivity index (χ3n) is 3.98. The molecule has 16 heavy (non-hydrogen) atoms. The van der Waals surface area contributed by atoms with E-state index in [9.17, 15) is 0 Å². The zero-order valence-corrected chi connectivity index (χ0v) is 11.6. The quantitative estimate of drug-likeness (QED) is 0.678. The molecule has 1 aliphatic rings. The van der Waals surface area contributed by atoms with Gasteiger partial charge in [-0.3, -0.25) is 0 Å². The molecular weight excluding hydrogens is 194 g/mol. The lowest BCUT2D eigenvalue weighted by molar-refractivity contribution is 0.244. The van der Waals surface area contributed by atoms with Crippen LogP contribution in [0, 0.1) is 11.8 Å². The number of nitrogens with one attached hydrogen (secondary N) is 1. The standard InChI is InChI=1S/C15H31N/c1-4-7-13(3)11-14-8-6-9-15(12-14)16-10-5-2/h13-16H,4-12H2,1-3H3. The molecule has 0 aliphatic heterocycles. The maximum atomic E-state index is 3.71. The number of rotatable bonds is 7. The van der Waals surface area contributed by atoms with Crippen LogP contribution in [-0.2, 0) is 0 Å². The van der Waals surface area contributed by atoms with Gasteiger partial charge in [0.2, 0.25) is 0 Å². The van der Waals surface area contributed by atoms with E-state index in [1.807, 2.05) is 0 Å². The van der Waals surface area contributed by atoms with E-state index in [1.165, 1.54) is 57.9 Å². The van der Waals surface area contributed by atoms with Gasteiger partial charge >= 0.3 is 0 Å². The molecule has 96 valence electrons. The summed E-state index contributed by atoms with van der Waals surface area (Å²) >= 11 is 0. The summed E-state index contributed by atoms with van der Waals surface area (Å²) in [7, 11) is 0. The molecule has 0 amide bonds. The van der Waals surface area contributed by atoms with Crippen LogP contribution in [0.5, 0.6) is 0 Å². The van der Waals surface area contributed by atoms with Gasteiger partial charge in [-0.2, -0.15) is 0 Å². The Morgan fingerprint density at radius 2 is 2.00 bits per heavy atom. The summed E-state index contributed by atoms with van der Waals surface area (Å²) in [5.74, 6) is 1.95. The topological polar surface area (TPSA) is 12.0 Å². The fourth-order valence-corrected chi connectivity index (χ4v) is 3.22. The molecule has 0 aromatic heterocycles. The highest BCUT2D eigenvalue weighted by molar-refractivity contribution is 4.78. The summed E-state index contributed by atoms with van der Waals surface area (Å²) < 4.78 is 0. The van der Waals surface area contributed by atoms with Gasteiger partial charge in [0.05, 0.1) is 0 Å². The molecule has 0 spiro atoms. The van der Waals surface area contributed by atoms with E-state index in [0.29, 0.717) is 0 Å². The molecule has 0 aromatic carbocycles. The molecular formula is C15H31N. The van der Waals surface area contributed by atoms with Gasteiger partial charge in [-0.25, -0.2) is 0 Å². The van der Waals surface area contributed by atoms with Crippen molar-refractivity contribution in [2.24, 2.45) is 11.8 Å². The smallest absolute Gasteiger partial charge is 0.00697 e. The van der Waals surface area contributed by atoms with Crippen molar-refractivity contribution in [3.8, 4) is 0 Å². The monoisotopic (exact) mass is 225 g/mol. The molecule has 1 aliphatic carbocycles. The second-order valence-electron chi connectivity index (χ2n) is 5.81. The van der Waals surface area contributed by atoms with Crippen LogP contribution in [0.15, 0.2) is 0 Å². The molecule has 1 N–H and O–H groups in total. The highest BCUT2D eigenvalue weighted by Gasteiger charge is 2.22. The molecule has 0 aromatic rings. The van der Waals surface area contributed by atoms with Crippen LogP contribution in [0.3, 0.4) is 0 Å². The van der Waals surface area contributed by atoms with Crippen LogP contribution in [0.1, 0.15) is 72.1 Å². The van der Waals surface area contributed by atoms with E-state index < -0.39 is 0 Å². The molecule has 3 unspecified atom stereocenters. The minimum atomic E-state index is 0.826. The Balaban J connectivity index is 2.21. The Kier molecular flexibility index (Phi) is 7.11. The summed E-state index contributed by atoms with van der Waals surface area (Å²) in [5.41, 5.74) is 0. The van der Waals surface area contributed by atoms with Crippen molar-refractivity contribution < 1.29 is 0 Å². The van der Waals surface area contributed by atoms with E-state index in [0.717, 1.165) is 17.9 Å². The summed E-state index contributed by atoms with van der Waals surface area (Å²) in [6.45, 7) is 8.22. The van der Waals surface area contributed by atoms with Gasteiger partial charge in [-0.1, -0.05) is 46.5 Å². The molecule has 3 atom stereocenters. The van der Waals surface area contributed by atoms with Gasteiger partial charge in [0, 0.05) is 6.04 Å². The minimum absolute atomic E-state index is 0.826. The third-order valence-corrected chi connectivity index (χ3v) is 3.98. The lowest BCUT2D eigenvalue weighted by atomic mass is 9.80. The fraction of sp³-hybridized carbons (Fsp3) is 1.00. The third kappa shape index (κ3) is 5.34. The largest absolute Gasteiger partial charge is 0.314 e. The van der Waals surface area contributed by atoms with Gasteiger partial charge in [0.1, 0.15) is 0 Å². The average molecular weight is 225 g/mol. The maximum absolute atomic E-state index is 3.71. The predicted octanol–water partition coefficient (Wildman–Crippen LogP) is 4.37. The SMILES string of the molecule is CCCNC1CCCC(CC(C)CCC)C1. The summed E-state index contributed by atoms with van der Waals surface area (Å²) in [5, 5.41) is 3.71. The summed E-state index contributed by atoms with van der Waals surface area (Å²) in [4.78, 5) is 0. The van der Waals surface area contributed by atoms with Gasteiger partial charge < -0.3 is 5.32 Å². The Morgan fingerprint density at radius 3 is 2.69 bits per heavy atom. The first-order chi connectivity index (χ1) is 7.76. The lowest BCUT2D eigenvalue weighted by Crippen LogP contribution is -2.35. The molecule has 0 heterocycles. The first-order valence-electron chi connectivity index (χ1n) is 7.49. The summed E-state index contributed by atoms with van der Waals surface area (Å²) in [6, 6.07) is 0.826. The van der Waals surface area contributed by atoms with Crippen LogP contribution in [-0.4, -0.2) is 12.6 Å². The van der Waals surface area contributed by atoms with Gasteiger partial charge in [-0.15, -0.1) is 0 Å². The van der Waals surface area contributed by atoms with E-state index in [1.54, 1.807) is 0 Å². The average Bonchev–Trinajstić information content (AvgIpc) is 2.27. The van der Waals surface area contributed by atoms with Crippen molar-refractivity contribution in [2.45, 2.75) is 78.2 Å². The summed E-state index contributed by atoms with van der Waals surface area (Å²) in [6.07, 6.45) is 11.3. The Bertz CT molecular complexity index is 167. The zero-order chi connectivity index (χ0) is 11.8. The van der Waals surface area contributed by atoms with Gasteiger partial charge in [0.25, 0.3) is 0 Å². The molecule has 1 fully saturated rings. The molecule has 0 radical (unpaired) electrons. The highest BCUT2D eigenvalue weighted by Crippen LogP contribution is 2.30. The minimum Gasteiger partial charge on any atom is -0.314 e. The van der Waals surface area contributed by atoms with Gasteiger partial charge in [0.15, 0.2) is 0 Å². The molecule has 1 saturated carbocycles. The van der Waals surface area contributed by atoms with Crippen LogP contribution in [0.25, 0.3) is 0 Å². The van der Waals surface area contributed by atoms with E-state index in [4.69, 9.17) is 0 Å². The molecule has 1 nitrogen and oxygen atoms in total. The second kappa shape index (κ2) is 8.11. The van der Waals surface area contributed by atoms with Crippen molar-refractivity contribution in [1.82, 2.24) is 5.32 Å². The normalized spacial score (nSPS) is 27.9. The first kappa shape index (κ1) is 14.0. The lowest BCUT2D eigenvalue weighted by Gasteiger charge is -2.31. The van der Waals surface area contributed by atoms with Crippen LogP contribution in [0.2, 0.25) is 0 Å². The van der Waals surface area contributed by atoms with E-state index >= 15 is 0 Å². The van der Waals surface area contributed by atoms with E-state index in [-0.39, 0.29) is 0 Å². The molecule has 0 bridgehead atoms. The number of hydrogen-bond donors (Lipinski definition) is 1.